The van der Waals surface area contributed by atoms with Gasteiger partial charge in [0, 0.05) is 16.3 Å². The number of aryl methyl sites for hydroxylation is 3. The lowest BCUT2D eigenvalue weighted by Crippen LogP contribution is -2.32. The Hall–Kier alpha value is -2.40. The second-order valence-corrected chi connectivity index (χ2v) is 6.88. The topological polar surface area (TPSA) is 39.1 Å². The second-order valence-electron chi connectivity index (χ2n) is 5.68. The first-order valence-corrected chi connectivity index (χ1v) is 7.93. The third-order valence-corrected chi connectivity index (χ3v) is 5.37. The lowest BCUT2D eigenvalue weighted by molar-refractivity contribution is -0.662. The molecule has 0 spiro atoms. The molecule has 108 valence electrons. The van der Waals surface area contributed by atoms with E-state index in [1.54, 1.807) is 17.6 Å². The van der Waals surface area contributed by atoms with Gasteiger partial charge in [-0.15, -0.1) is 0 Å². The fourth-order valence-electron chi connectivity index (χ4n) is 3.35. The van der Waals surface area contributed by atoms with Crippen molar-refractivity contribution < 1.29 is 13.7 Å². The zero-order chi connectivity index (χ0) is 15.0. The van der Waals surface area contributed by atoms with Crippen LogP contribution in [-0.4, -0.2) is 4.98 Å². The lowest BCUT2D eigenvalue weighted by Gasteiger charge is -2.19. The van der Waals surface area contributed by atoms with Crippen LogP contribution in [0.1, 0.15) is 10.4 Å². The number of hydrogen-bond acceptors (Lipinski definition) is 4. The Morgan fingerprint density at radius 1 is 1.27 bits per heavy atom. The molecule has 22 heavy (non-hydrogen) atoms. The molecule has 0 saturated carbocycles. The Balaban J connectivity index is 2.04. The summed E-state index contributed by atoms with van der Waals surface area (Å²) in [6, 6.07) is 4.00. The minimum atomic E-state index is 0.858. The molecule has 4 heterocycles. The first-order chi connectivity index (χ1) is 10.6. The number of benzene rings is 1. The van der Waals surface area contributed by atoms with Crippen molar-refractivity contribution in [3.63, 3.8) is 0 Å². The zero-order valence-electron chi connectivity index (χ0n) is 12.4. The summed E-state index contributed by atoms with van der Waals surface area (Å²) in [4.78, 5) is 6.72. The van der Waals surface area contributed by atoms with Crippen LogP contribution < -0.4 is 9.30 Å². The molecular formula is C17H13N2O2S+. The Morgan fingerprint density at radius 2 is 2.14 bits per heavy atom. The van der Waals surface area contributed by atoms with Gasteiger partial charge >= 0.3 is 0 Å². The standard InChI is InChI=1S/C17H13N2O2S/c1-8-10-4-5-20-11(10)6-12-13(8)15-14-16(21-12)9(2)22-17(14)18-7-19(15)3/h4-7H,1-3H3/q+1. The maximum absolute atomic E-state index is 6.23. The highest BCUT2D eigenvalue weighted by molar-refractivity contribution is 7.19. The molecule has 5 rings (SSSR count). The lowest BCUT2D eigenvalue weighted by atomic mass is 9.96. The highest BCUT2D eigenvalue weighted by Gasteiger charge is 2.32. The molecule has 0 atom stereocenters. The van der Waals surface area contributed by atoms with Crippen molar-refractivity contribution in [2.45, 2.75) is 13.8 Å². The van der Waals surface area contributed by atoms with Crippen LogP contribution in [0.3, 0.4) is 0 Å². The van der Waals surface area contributed by atoms with Gasteiger partial charge in [-0.1, -0.05) is 11.3 Å². The van der Waals surface area contributed by atoms with Gasteiger partial charge in [-0.3, -0.25) is 0 Å². The van der Waals surface area contributed by atoms with Gasteiger partial charge in [0.05, 0.1) is 18.9 Å². The number of thiophene rings is 1. The van der Waals surface area contributed by atoms with Crippen molar-refractivity contribution >= 4 is 32.5 Å². The van der Waals surface area contributed by atoms with E-state index in [-0.39, 0.29) is 0 Å². The average Bonchev–Trinajstić information content (AvgIpc) is 3.08. The van der Waals surface area contributed by atoms with E-state index in [2.05, 4.69) is 23.4 Å². The van der Waals surface area contributed by atoms with Crippen molar-refractivity contribution in [2.75, 3.05) is 0 Å². The molecule has 0 saturated heterocycles. The van der Waals surface area contributed by atoms with Crippen molar-refractivity contribution in [2.24, 2.45) is 7.05 Å². The van der Waals surface area contributed by atoms with Crippen LogP contribution >= 0.6 is 11.3 Å². The van der Waals surface area contributed by atoms with E-state index in [0.29, 0.717) is 0 Å². The third-order valence-electron chi connectivity index (χ3n) is 4.38. The normalized spacial score (nSPS) is 12.7. The van der Waals surface area contributed by atoms with Crippen molar-refractivity contribution in [3.8, 4) is 22.8 Å². The SMILES string of the molecule is Cc1sc2nc[n+](C)c3c2c1Oc1cc2occc2c(C)c1-3. The summed E-state index contributed by atoms with van der Waals surface area (Å²) >= 11 is 1.68. The van der Waals surface area contributed by atoms with Gasteiger partial charge in [-0.05, 0) is 30.5 Å². The molecule has 0 radical (unpaired) electrons. The summed E-state index contributed by atoms with van der Waals surface area (Å²) in [6.07, 6.45) is 3.61. The largest absolute Gasteiger partial charge is 0.464 e. The number of hydrogen-bond donors (Lipinski definition) is 0. The molecule has 0 unspecified atom stereocenters. The van der Waals surface area contributed by atoms with Gasteiger partial charge in [0.25, 0.3) is 6.33 Å². The van der Waals surface area contributed by atoms with Gasteiger partial charge in [-0.2, -0.15) is 0 Å². The van der Waals surface area contributed by atoms with Crippen LogP contribution in [0.2, 0.25) is 0 Å². The van der Waals surface area contributed by atoms with E-state index >= 15 is 0 Å². The van der Waals surface area contributed by atoms with Gasteiger partial charge in [0.1, 0.15) is 16.7 Å². The molecule has 0 N–H and O–H groups in total. The molecule has 0 fully saturated rings. The van der Waals surface area contributed by atoms with E-state index in [9.17, 15) is 0 Å². The minimum Gasteiger partial charge on any atom is -0.464 e. The molecule has 1 aliphatic heterocycles. The molecule has 5 heteroatoms. The van der Waals surface area contributed by atoms with Crippen LogP contribution in [0.15, 0.2) is 29.1 Å². The predicted molar refractivity (Wildman–Crippen MR) is 85.6 cm³/mol. The fraction of sp³-hybridized carbons (Fsp3) is 0.176. The van der Waals surface area contributed by atoms with E-state index in [1.807, 2.05) is 25.5 Å². The number of ether oxygens (including phenoxy) is 1. The predicted octanol–water partition coefficient (Wildman–Crippen LogP) is 4.26. The Kier molecular flexibility index (Phi) is 2.14. The van der Waals surface area contributed by atoms with Crippen molar-refractivity contribution in [1.29, 1.82) is 0 Å². The van der Waals surface area contributed by atoms with Gasteiger partial charge in [-0.25, -0.2) is 4.57 Å². The number of fused-ring (bicyclic) bond motifs is 3. The van der Waals surface area contributed by atoms with Crippen LogP contribution in [0.4, 0.5) is 0 Å². The molecule has 1 aromatic carbocycles. The van der Waals surface area contributed by atoms with E-state index in [4.69, 9.17) is 9.15 Å². The molecule has 1 aliphatic rings. The maximum Gasteiger partial charge on any atom is 0.288 e. The van der Waals surface area contributed by atoms with Gasteiger partial charge in [0.2, 0.25) is 4.83 Å². The second kappa shape index (κ2) is 3.87. The summed E-state index contributed by atoms with van der Waals surface area (Å²) < 4.78 is 13.9. The highest BCUT2D eigenvalue weighted by Crippen LogP contribution is 2.51. The number of aromatic nitrogens is 2. The summed E-state index contributed by atoms with van der Waals surface area (Å²) in [6.45, 7) is 4.20. The molecule has 0 aliphatic carbocycles. The van der Waals surface area contributed by atoms with E-state index in [1.165, 1.54) is 11.3 Å². The Bertz CT molecular complexity index is 1090. The molecule has 4 nitrogen and oxygen atoms in total. The first-order valence-electron chi connectivity index (χ1n) is 7.12. The van der Waals surface area contributed by atoms with Crippen LogP contribution in [-0.2, 0) is 7.05 Å². The quantitative estimate of drug-likeness (QED) is 0.401. The molecule has 0 amide bonds. The van der Waals surface area contributed by atoms with Crippen LogP contribution in [0.25, 0.3) is 32.4 Å². The molecule has 3 aromatic heterocycles. The highest BCUT2D eigenvalue weighted by atomic mass is 32.1. The molecule has 4 aromatic rings. The number of furan rings is 1. The monoisotopic (exact) mass is 309 g/mol. The minimum absolute atomic E-state index is 0.858. The average molecular weight is 309 g/mol. The summed E-state index contributed by atoms with van der Waals surface area (Å²) in [5, 5.41) is 2.24. The van der Waals surface area contributed by atoms with Gasteiger partial charge in [0.15, 0.2) is 11.4 Å². The first kappa shape index (κ1) is 12.2. The zero-order valence-corrected chi connectivity index (χ0v) is 13.2. The Morgan fingerprint density at radius 3 is 3.00 bits per heavy atom. The fourth-order valence-corrected chi connectivity index (χ4v) is 4.27. The third kappa shape index (κ3) is 1.32. The summed E-state index contributed by atoms with van der Waals surface area (Å²) in [7, 11) is 2.03. The van der Waals surface area contributed by atoms with E-state index < -0.39 is 0 Å². The molecule has 0 bridgehead atoms. The number of rotatable bonds is 0. The number of nitrogens with zero attached hydrogens (tertiary/aromatic N) is 2. The maximum atomic E-state index is 6.23. The molecular weight excluding hydrogens is 296 g/mol. The summed E-state index contributed by atoms with van der Waals surface area (Å²) in [5.74, 6) is 1.79. The van der Waals surface area contributed by atoms with Gasteiger partial charge < -0.3 is 9.15 Å². The van der Waals surface area contributed by atoms with Crippen LogP contribution in [0, 0.1) is 13.8 Å². The summed E-state index contributed by atoms with van der Waals surface area (Å²) in [5.41, 5.74) is 4.35. The smallest absolute Gasteiger partial charge is 0.288 e. The van der Waals surface area contributed by atoms with Crippen molar-refractivity contribution in [1.82, 2.24) is 4.98 Å². The Labute approximate surface area is 130 Å². The van der Waals surface area contributed by atoms with Crippen LogP contribution in [0.5, 0.6) is 11.5 Å². The van der Waals surface area contributed by atoms with E-state index in [0.717, 1.165) is 43.1 Å². The van der Waals surface area contributed by atoms with Crippen molar-refractivity contribution in [3.05, 3.63) is 35.2 Å².